The summed E-state index contributed by atoms with van der Waals surface area (Å²) in [6, 6.07) is 9.16. The summed E-state index contributed by atoms with van der Waals surface area (Å²) in [5.41, 5.74) is 8.10. The van der Waals surface area contributed by atoms with Gasteiger partial charge in [0.2, 0.25) is 0 Å². The number of hydrogen-bond donors (Lipinski definition) is 1. The molecule has 2 rings (SSSR count). The quantitative estimate of drug-likeness (QED) is 0.785. The van der Waals surface area contributed by atoms with Crippen molar-refractivity contribution in [3.8, 4) is 29.7 Å². The summed E-state index contributed by atoms with van der Waals surface area (Å²) in [5, 5.41) is 8.71. The van der Waals surface area contributed by atoms with Gasteiger partial charge in [-0.15, -0.1) is 6.42 Å². The molecule has 0 aliphatic rings. The predicted octanol–water partition coefficient (Wildman–Crippen LogP) is 1.64. The summed E-state index contributed by atoms with van der Waals surface area (Å²) in [6.45, 7) is 0.398. The standard InChI is InChI=1S/C13H10N4/c1-2-7-17-9-16-12(13(17)15)11-5-3-10(8-14)4-6-11/h1,3-6,9H,7,15H2. The molecule has 2 aromatic rings. The molecule has 2 N–H and O–H groups in total. The molecule has 0 unspecified atom stereocenters. The SMILES string of the molecule is C#CCn1cnc(-c2ccc(C#N)cc2)c1N. The van der Waals surface area contributed by atoms with Gasteiger partial charge < -0.3 is 10.3 Å². The van der Waals surface area contributed by atoms with Gasteiger partial charge >= 0.3 is 0 Å². The molecule has 0 bridgehead atoms. The van der Waals surface area contributed by atoms with Crippen LogP contribution in [0, 0.1) is 23.7 Å². The molecule has 0 saturated carbocycles. The third-order valence-electron chi connectivity index (χ3n) is 2.43. The Morgan fingerprint density at radius 2 is 2.06 bits per heavy atom. The lowest BCUT2D eigenvalue weighted by Gasteiger charge is -2.01. The number of aromatic nitrogens is 2. The van der Waals surface area contributed by atoms with E-state index in [1.165, 1.54) is 0 Å². The molecular formula is C13H10N4. The molecular weight excluding hydrogens is 212 g/mol. The maximum absolute atomic E-state index is 8.71. The van der Waals surface area contributed by atoms with E-state index in [9.17, 15) is 0 Å². The number of anilines is 1. The molecule has 1 aromatic heterocycles. The van der Waals surface area contributed by atoms with E-state index in [0.717, 1.165) is 5.56 Å². The van der Waals surface area contributed by atoms with E-state index in [1.807, 2.05) is 12.1 Å². The average molecular weight is 222 g/mol. The molecule has 0 aliphatic heterocycles. The number of hydrogen-bond acceptors (Lipinski definition) is 3. The van der Waals surface area contributed by atoms with E-state index in [4.69, 9.17) is 17.4 Å². The number of benzene rings is 1. The van der Waals surface area contributed by atoms with Crippen LogP contribution in [0.25, 0.3) is 11.3 Å². The minimum Gasteiger partial charge on any atom is -0.383 e. The zero-order valence-corrected chi connectivity index (χ0v) is 9.09. The van der Waals surface area contributed by atoms with Gasteiger partial charge in [-0.3, -0.25) is 0 Å². The highest BCUT2D eigenvalue weighted by Gasteiger charge is 2.08. The number of nitrogen functional groups attached to an aromatic ring is 1. The monoisotopic (exact) mass is 222 g/mol. The number of terminal acetylenes is 1. The van der Waals surface area contributed by atoms with Gasteiger partial charge in [0.05, 0.1) is 24.5 Å². The normalized spacial score (nSPS) is 9.53. The summed E-state index contributed by atoms with van der Waals surface area (Å²) in [7, 11) is 0. The Hall–Kier alpha value is -2.72. The molecule has 0 atom stereocenters. The Morgan fingerprint density at radius 1 is 1.35 bits per heavy atom. The van der Waals surface area contributed by atoms with Crippen molar-refractivity contribution < 1.29 is 0 Å². The van der Waals surface area contributed by atoms with Crippen LogP contribution in [0.5, 0.6) is 0 Å². The van der Waals surface area contributed by atoms with Gasteiger partial charge in [0, 0.05) is 5.56 Å². The van der Waals surface area contributed by atoms with Gasteiger partial charge in [-0.2, -0.15) is 5.26 Å². The first-order chi connectivity index (χ1) is 8.26. The van der Waals surface area contributed by atoms with Crippen molar-refractivity contribution in [3.63, 3.8) is 0 Å². The number of nitrogens with two attached hydrogens (primary N) is 1. The fraction of sp³-hybridized carbons (Fsp3) is 0.0769. The molecule has 0 aliphatic carbocycles. The zero-order chi connectivity index (χ0) is 12.3. The number of nitrogens with zero attached hydrogens (tertiary/aromatic N) is 3. The fourth-order valence-electron chi connectivity index (χ4n) is 1.54. The van der Waals surface area contributed by atoms with Crippen molar-refractivity contribution >= 4 is 5.82 Å². The highest BCUT2D eigenvalue weighted by Crippen LogP contribution is 2.24. The third kappa shape index (κ3) is 1.97. The van der Waals surface area contributed by atoms with Crippen LogP contribution in [0.1, 0.15) is 5.56 Å². The van der Waals surface area contributed by atoms with Crippen LogP contribution in [0.2, 0.25) is 0 Å². The largest absolute Gasteiger partial charge is 0.383 e. The van der Waals surface area contributed by atoms with E-state index in [0.29, 0.717) is 23.6 Å². The lowest BCUT2D eigenvalue weighted by Crippen LogP contribution is -2.00. The van der Waals surface area contributed by atoms with Crippen molar-refractivity contribution in [2.75, 3.05) is 5.73 Å². The Balaban J connectivity index is 2.40. The van der Waals surface area contributed by atoms with E-state index in [1.54, 1.807) is 23.0 Å². The second-order valence-corrected chi connectivity index (χ2v) is 3.50. The Kier molecular flexibility index (Phi) is 2.81. The van der Waals surface area contributed by atoms with Crippen LogP contribution in [-0.2, 0) is 6.54 Å². The Bertz CT molecular complexity index is 608. The fourth-order valence-corrected chi connectivity index (χ4v) is 1.54. The highest BCUT2D eigenvalue weighted by molar-refractivity contribution is 5.70. The topological polar surface area (TPSA) is 67.6 Å². The molecule has 17 heavy (non-hydrogen) atoms. The predicted molar refractivity (Wildman–Crippen MR) is 65.6 cm³/mol. The summed E-state index contributed by atoms with van der Waals surface area (Å²) >= 11 is 0. The minimum atomic E-state index is 0.398. The van der Waals surface area contributed by atoms with Crippen molar-refractivity contribution in [1.29, 1.82) is 5.26 Å². The highest BCUT2D eigenvalue weighted by atomic mass is 15.1. The Morgan fingerprint density at radius 3 is 2.65 bits per heavy atom. The van der Waals surface area contributed by atoms with Crippen LogP contribution in [0.4, 0.5) is 5.82 Å². The number of imidazole rings is 1. The maximum atomic E-state index is 8.71. The molecule has 4 heteroatoms. The first-order valence-corrected chi connectivity index (χ1v) is 5.01. The summed E-state index contributed by atoms with van der Waals surface area (Å²) < 4.78 is 1.70. The summed E-state index contributed by atoms with van der Waals surface area (Å²) in [4.78, 5) is 4.22. The molecule has 0 spiro atoms. The minimum absolute atomic E-state index is 0.398. The van der Waals surface area contributed by atoms with Crippen LogP contribution in [-0.4, -0.2) is 9.55 Å². The van der Waals surface area contributed by atoms with Crippen molar-refractivity contribution in [3.05, 3.63) is 36.2 Å². The van der Waals surface area contributed by atoms with E-state index >= 15 is 0 Å². The first kappa shape index (κ1) is 10.8. The molecule has 0 amide bonds. The van der Waals surface area contributed by atoms with Gasteiger partial charge in [0.25, 0.3) is 0 Å². The number of rotatable bonds is 2. The molecule has 0 saturated heterocycles. The molecule has 1 aromatic carbocycles. The van der Waals surface area contributed by atoms with E-state index < -0.39 is 0 Å². The average Bonchev–Trinajstić information content (AvgIpc) is 2.72. The van der Waals surface area contributed by atoms with E-state index in [-0.39, 0.29) is 0 Å². The van der Waals surface area contributed by atoms with Gasteiger partial charge in [-0.1, -0.05) is 18.1 Å². The molecule has 4 nitrogen and oxygen atoms in total. The van der Waals surface area contributed by atoms with Crippen LogP contribution < -0.4 is 5.73 Å². The van der Waals surface area contributed by atoms with Gasteiger partial charge in [-0.05, 0) is 12.1 Å². The molecule has 0 fully saturated rings. The van der Waals surface area contributed by atoms with Crippen LogP contribution in [0.15, 0.2) is 30.6 Å². The maximum Gasteiger partial charge on any atom is 0.132 e. The summed E-state index contributed by atoms with van der Waals surface area (Å²) in [6.07, 6.45) is 6.84. The zero-order valence-electron chi connectivity index (χ0n) is 9.09. The van der Waals surface area contributed by atoms with E-state index in [2.05, 4.69) is 17.0 Å². The Labute approximate surface area is 99.3 Å². The first-order valence-electron chi connectivity index (χ1n) is 5.01. The van der Waals surface area contributed by atoms with Gasteiger partial charge in [0.1, 0.15) is 11.5 Å². The van der Waals surface area contributed by atoms with Crippen molar-refractivity contribution in [1.82, 2.24) is 9.55 Å². The molecule has 82 valence electrons. The lowest BCUT2D eigenvalue weighted by molar-refractivity contribution is 0.852. The third-order valence-corrected chi connectivity index (χ3v) is 2.43. The van der Waals surface area contributed by atoms with Crippen LogP contribution in [0.3, 0.4) is 0 Å². The lowest BCUT2D eigenvalue weighted by atomic mass is 10.1. The van der Waals surface area contributed by atoms with Gasteiger partial charge in [-0.25, -0.2) is 4.98 Å². The van der Waals surface area contributed by atoms with Crippen molar-refractivity contribution in [2.24, 2.45) is 0 Å². The number of nitriles is 1. The molecule has 0 radical (unpaired) electrons. The smallest absolute Gasteiger partial charge is 0.132 e. The second-order valence-electron chi connectivity index (χ2n) is 3.50. The summed E-state index contributed by atoms with van der Waals surface area (Å²) in [5.74, 6) is 3.04. The molecule has 1 heterocycles. The van der Waals surface area contributed by atoms with Crippen molar-refractivity contribution in [2.45, 2.75) is 6.54 Å². The van der Waals surface area contributed by atoms with Gasteiger partial charge in [0.15, 0.2) is 0 Å². The van der Waals surface area contributed by atoms with Crippen LogP contribution >= 0.6 is 0 Å². The second kappa shape index (κ2) is 4.42.